The molecule has 2 atom stereocenters. The van der Waals surface area contributed by atoms with Crippen LogP contribution in [0.15, 0.2) is 0 Å². The van der Waals surface area contributed by atoms with Crippen molar-refractivity contribution in [3.8, 4) is 0 Å². The van der Waals surface area contributed by atoms with Gasteiger partial charge in [0.15, 0.2) is 0 Å². The Balaban J connectivity index is 2.02. The predicted molar refractivity (Wildman–Crippen MR) is 50.9 cm³/mol. The molecule has 0 aromatic heterocycles. The molecule has 1 amide bonds. The lowest BCUT2D eigenvalue weighted by Crippen LogP contribution is -2.44. The number of ether oxygens (including phenoxy) is 1. The molecule has 4 nitrogen and oxygen atoms in total. The molecule has 1 heterocycles. The van der Waals surface area contributed by atoms with E-state index in [4.69, 9.17) is 4.74 Å². The normalized spacial score (nSPS) is 33.2. The summed E-state index contributed by atoms with van der Waals surface area (Å²) in [7, 11) is 0. The number of aliphatic hydroxyl groups excluding tert-OH is 1. The van der Waals surface area contributed by atoms with E-state index in [1.54, 1.807) is 4.90 Å². The summed E-state index contributed by atoms with van der Waals surface area (Å²) in [4.78, 5) is 13.1. The minimum absolute atomic E-state index is 0.189. The van der Waals surface area contributed by atoms with Gasteiger partial charge in [-0.2, -0.15) is 0 Å². The number of hydrogen-bond acceptors (Lipinski definition) is 3. The van der Waals surface area contributed by atoms with Crippen molar-refractivity contribution in [1.29, 1.82) is 0 Å². The minimum atomic E-state index is -0.199. The van der Waals surface area contributed by atoms with Crippen LogP contribution in [0.4, 0.5) is 4.79 Å². The topological polar surface area (TPSA) is 49.8 Å². The zero-order valence-corrected chi connectivity index (χ0v) is 8.32. The molecule has 2 rings (SSSR count). The van der Waals surface area contributed by atoms with Gasteiger partial charge in [0.25, 0.3) is 0 Å². The summed E-state index contributed by atoms with van der Waals surface area (Å²) in [5.74, 6) is 0.259. The molecule has 0 aromatic rings. The zero-order valence-electron chi connectivity index (χ0n) is 8.32. The van der Waals surface area contributed by atoms with Crippen molar-refractivity contribution in [2.45, 2.75) is 31.7 Å². The first kappa shape index (κ1) is 9.77. The van der Waals surface area contributed by atoms with Crippen LogP contribution in [0.3, 0.4) is 0 Å². The van der Waals surface area contributed by atoms with E-state index in [0.29, 0.717) is 13.2 Å². The van der Waals surface area contributed by atoms with E-state index in [2.05, 4.69) is 0 Å². The van der Waals surface area contributed by atoms with Crippen molar-refractivity contribution in [1.82, 2.24) is 4.90 Å². The third-order valence-corrected chi connectivity index (χ3v) is 3.30. The second kappa shape index (κ2) is 4.17. The van der Waals surface area contributed by atoms with E-state index in [9.17, 15) is 9.90 Å². The maximum atomic E-state index is 11.4. The smallest absolute Gasteiger partial charge is 0.410 e. The fourth-order valence-electron chi connectivity index (χ4n) is 2.52. The molecule has 1 aliphatic heterocycles. The van der Waals surface area contributed by atoms with Gasteiger partial charge >= 0.3 is 6.09 Å². The molecule has 80 valence electrons. The van der Waals surface area contributed by atoms with Crippen LogP contribution in [-0.4, -0.2) is 41.9 Å². The van der Waals surface area contributed by atoms with Gasteiger partial charge in [-0.05, 0) is 12.8 Å². The summed E-state index contributed by atoms with van der Waals surface area (Å²) in [5, 5.41) is 9.23. The Kier molecular flexibility index (Phi) is 2.91. The quantitative estimate of drug-likeness (QED) is 0.721. The molecule has 1 aliphatic carbocycles. The van der Waals surface area contributed by atoms with Crippen LogP contribution in [0.25, 0.3) is 0 Å². The SMILES string of the molecule is O=C1OCCN1C1CCCCC1CO. The lowest BCUT2D eigenvalue weighted by atomic mass is 9.84. The van der Waals surface area contributed by atoms with Gasteiger partial charge in [-0.25, -0.2) is 4.79 Å². The lowest BCUT2D eigenvalue weighted by Gasteiger charge is -2.35. The maximum absolute atomic E-state index is 11.4. The van der Waals surface area contributed by atoms with Crippen LogP contribution in [0.2, 0.25) is 0 Å². The Morgan fingerprint density at radius 2 is 2.21 bits per heavy atom. The van der Waals surface area contributed by atoms with Crippen LogP contribution < -0.4 is 0 Å². The van der Waals surface area contributed by atoms with Crippen LogP contribution in [-0.2, 0) is 4.74 Å². The lowest BCUT2D eigenvalue weighted by molar-refractivity contribution is 0.0859. The molecule has 1 N–H and O–H groups in total. The van der Waals surface area contributed by atoms with Crippen LogP contribution >= 0.6 is 0 Å². The zero-order chi connectivity index (χ0) is 9.97. The Morgan fingerprint density at radius 1 is 1.43 bits per heavy atom. The molecule has 0 aromatic carbocycles. The number of cyclic esters (lactones) is 1. The van der Waals surface area contributed by atoms with E-state index >= 15 is 0 Å². The summed E-state index contributed by atoms with van der Waals surface area (Å²) >= 11 is 0. The highest BCUT2D eigenvalue weighted by Gasteiger charge is 2.35. The Bertz CT molecular complexity index is 219. The monoisotopic (exact) mass is 199 g/mol. The van der Waals surface area contributed by atoms with Gasteiger partial charge in [0.05, 0.1) is 6.54 Å². The second-order valence-corrected chi connectivity index (χ2v) is 4.10. The van der Waals surface area contributed by atoms with Crippen molar-refractivity contribution in [3.05, 3.63) is 0 Å². The number of carbonyl (C=O) groups excluding carboxylic acids is 1. The minimum Gasteiger partial charge on any atom is -0.448 e. The Hall–Kier alpha value is -0.770. The number of rotatable bonds is 2. The molecule has 0 spiro atoms. The van der Waals surface area contributed by atoms with Crippen molar-refractivity contribution in [3.63, 3.8) is 0 Å². The number of hydrogen-bond donors (Lipinski definition) is 1. The first-order valence-corrected chi connectivity index (χ1v) is 5.37. The standard InChI is InChI=1S/C10H17NO3/c12-7-8-3-1-2-4-9(8)11-5-6-14-10(11)13/h8-9,12H,1-7H2. The molecular formula is C10H17NO3. The van der Waals surface area contributed by atoms with Crippen molar-refractivity contribution < 1.29 is 14.6 Å². The van der Waals surface area contributed by atoms with E-state index in [-0.39, 0.29) is 24.7 Å². The highest BCUT2D eigenvalue weighted by molar-refractivity contribution is 5.69. The van der Waals surface area contributed by atoms with E-state index < -0.39 is 0 Å². The van der Waals surface area contributed by atoms with E-state index in [1.165, 1.54) is 6.42 Å². The molecule has 2 aliphatic rings. The summed E-state index contributed by atoms with van der Waals surface area (Å²) in [5.41, 5.74) is 0. The first-order chi connectivity index (χ1) is 6.83. The van der Waals surface area contributed by atoms with Gasteiger partial charge in [-0.3, -0.25) is 0 Å². The van der Waals surface area contributed by atoms with Gasteiger partial charge in [0.2, 0.25) is 0 Å². The first-order valence-electron chi connectivity index (χ1n) is 5.37. The van der Waals surface area contributed by atoms with Gasteiger partial charge in [-0.15, -0.1) is 0 Å². The molecule has 2 unspecified atom stereocenters. The highest BCUT2D eigenvalue weighted by Crippen LogP contribution is 2.29. The number of aliphatic hydroxyl groups is 1. The van der Waals surface area contributed by atoms with E-state index in [1.807, 2.05) is 0 Å². The summed E-state index contributed by atoms with van der Waals surface area (Å²) in [6.45, 7) is 1.39. The fourth-order valence-corrected chi connectivity index (χ4v) is 2.52. The molecule has 0 radical (unpaired) electrons. The summed E-state index contributed by atoms with van der Waals surface area (Å²) in [6.07, 6.45) is 4.18. The van der Waals surface area contributed by atoms with Crippen molar-refractivity contribution in [2.75, 3.05) is 19.8 Å². The number of carbonyl (C=O) groups is 1. The Morgan fingerprint density at radius 3 is 2.86 bits per heavy atom. The third-order valence-electron chi connectivity index (χ3n) is 3.30. The van der Waals surface area contributed by atoms with Crippen LogP contribution in [0.1, 0.15) is 25.7 Å². The molecule has 1 saturated heterocycles. The summed E-state index contributed by atoms with van der Waals surface area (Å²) in [6, 6.07) is 0.212. The maximum Gasteiger partial charge on any atom is 0.410 e. The largest absolute Gasteiger partial charge is 0.448 e. The van der Waals surface area contributed by atoms with Crippen LogP contribution in [0, 0.1) is 5.92 Å². The van der Waals surface area contributed by atoms with Crippen LogP contribution in [0.5, 0.6) is 0 Å². The van der Waals surface area contributed by atoms with Gasteiger partial charge in [-0.1, -0.05) is 12.8 Å². The van der Waals surface area contributed by atoms with Crippen molar-refractivity contribution >= 4 is 6.09 Å². The molecule has 14 heavy (non-hydrogen) atoms. The van der Waals surface area contributed by atoms with Gasteiger partial charge < -0.3 is 14.7 Å². The van der Waals surface area contributed by atoms with Gasteiger partial charge in [0, 0.05) is 18.6 Å². The molecule has 0 bridgehead atoms. The number of amides is 1. The fraction of sp³-hybridized carbons (Fsp3) is 0.900. The second-order valence-electron chi connectivity index (χ2n) is 4.10. The Labute approximate surface area is 83.8 Å². The van der Waals surface area contributed by atoms with Gasteiger partial charge in [0.1, 0.15) is 6.61 Å². The predicted octanol–water partition coefficient (Wildman–Crippen LogP) is 0.990. The average molecular weight is 199 g/mol. The molecule has 2 fully saturated rings. The highest BCUT2D eigenvalue weighted by atomic mass is 16.6. The molecule has 4 heteroatoms. The van der Waals surface area contributed by atoms with Crippen molar-refractivity contribution in [2.24, 2.45) is 5.92 Å². The summed E-state index contributed by atoms with van der Waals surface area (Å²) < 4.78 is 4.92. The third kappa shape index (κ3) is 1.71. The number of nitrogens with zero attached hydrogens (tertiary/aromatic N) is 1. The molecule has 1 saturated carbocycles. The van der Waals surface area contributed by atoms with E-state index in [0.717, 1.165) is 19.3 Å². The average Bonchev–Trinajstić information content (AvgIpc) is 2.64. The molecular weight excluding hydrogens is 182 g/mol.